The van der Waals surface area contributed by atoms with Gasteiger partial charge in [-0.05, 0) is 39.1 Å². The largest absolute Gasteiger partial charge is 0.465 e. The minimum Gasteiger partial charge on any atom is -0.465 e. The molecule has 0 fully saturated rings. The van der Waals surface area contributed by atoms with Crippen molar-refractivity contribution in [2.45, 2.75) is 46.1 Å². The van der Waals surface area contributed by atoms with Gasteiger partial charge >= 0.3 is 0 Å². The number of aryl methyl sites for hydroxylation is 1. The molecule has 0 aliphatic rings. The molecule has 0 radical (unpaired) electrons. The first-order chi connectivity index (χ1) is 8.72. The second kappa shape index (κ2) is 9.17. The van der Waals surface area contributed by atoms with Crippen LogP contribution in [0.1, 0.15) is 44.1 Å². The lowest BCUT2D eigenvalue weighted by molar-refractivity contribution is 0.291. The summed E-state index contributed by atoms with van der Waals surface area (Å²) in [6, 6.07) is 4.08. The minimum absolute atomic E-state index is 0.894. The molecule has 3 nitrogen and oxygen atoms in total. The summed E-state index contributed by atoms with van der Waals surface area (Å²) in [7, 11) is 2.14. The summed E-state index contributed by atoms with van der Waals surface area (Å²) in [5.41, 5.74) is 0. The SMILES string of the molecule is CCCCCCNCCN(C)Cc1ccc(C)o1. The highest BCUT2D eigenvalue weighted by Gasteiger charge is 2.03. The highest BCUT2D eigenvalue weighted by molar-refractivity contribution is 5.05. The zero-order valence-corrected chi connectivity index (χ0v) is 12.2. The van der Waals surface area contributed by atoms with Gasteiger partial charge in [0.1, 0.15) is 11.5 Å². The van der Waals surface area contributed by atoms with Crippen LogP contribution >= 0.6 is 0 Å². The summed E-state index contributed by atoms with van der Waals surface area (Å²) < 4.78 is 5.56. The second-order valence-corrected chi connectivity index (χ2v) is 5.06. The van der Waals surface area contributed by atoms with Crippen molar-refractivity contribution < 1.29 is 4.42 Å². The maximum absolute atomic E-state index is 5.56. The minimum atomic E-state index is 0.894. The van der Waals surface area contributed by atoms with E-state index in [-0.39, 0.29) is 0 Å². The van der Waals surface area contributed by atoms with Gasteiger partial charge in [0.25, 0.3) is 0 Å². The molecule has 0 saturated carbocycles. The fraction of sp³-hybridized carbons (Fsp3) is 0.733. The molecule has 0 aromatic carbocycles. The van der Waals surface area contributed by atoms with Crippen molar-refractivity contribution in [1.82, 2.24) is 10.2 Å². The van der Waals surface area contributed by atoms with Gasteiger partial charge in [0, 0.05) is 13.1 Å². The van der Waals surface area contributed by atoms with E-state index in [4.69, 9.17) is 4.42 Å². The molecule has 1 N–H and O–H groups in total. The lowest BCUT2D eigenvalue weighted by Gasteiger charge is -2.15. The van der Waals surface area contributed by atoms with Gasteiger partial charge in [0.05, 0.1) is 6.54 Å². The molecule has 0 amide bonds. The van der Waals surface area contributed by atoms with Gasteiger partial charge in [-0.15, -0.1) is 0 Å². The summed E-state index contributed by atoms with van der Waals surface area (Å²) >= 11 is 0. The predicted octanol–water partition coefficient (Wildman–Crippen LogP) is 3.19. The molecule has 0 bridgehead atoms. The summed E-state index contributed by atoms with van der Waals surface area (Å²) in [4.78, 5) is 2.29. The third-order valence-electron chi connectivity index (χ3n) is 3.10. The number of likely N-dealkylation sites (N-methyl/N-ethyl adjacent to an activating group) is 1. The first-order valence-corrected chi connectivity index (χ1v) is 7.17. The zero-order chi connectivity index (χ0) is 13.2. The van der Waals surface area contributed by atoms with E-state index in [1.165, 1.54) is 25.7 Å². The van der Waals surface area contributed by atoms with Crippen molar-refractivity contribution in [2.24, 2.45) is 0 Å². The van der Waals surface area contributed by atoms with Crippen molar-refractivity contribution in [3.05, 3.63) is 23.7 Å². The molecule has 1 rings (SSSR count). The monoisotopic (exact) mass is 252 g/mol. The van der Waals surface area contributed by atoms with Crippen molar-refractivity contribution in [3.8, 4) is 0 Å². The van der Waals surface area contributed by atoms with Gasteiger partial charge in [0.2, 0.25) is 0 Å². The van der Waals surface area contributed by atoms with Crippen LogP contribution in [-0.4, -0.2) is 31.6 Å². The van der Waals surface area contributed by atoms with Crippen molar-refractivity contribution in [3.63, 3.8) is 0 Å². The van der Waals surface area contributed by atoms with Gasteiger partial charge in [-0.1, -0.05) is 26.2 Å². The number of hydrogen-bond acceptors (Lipinski definition) is 3. The van der Waals surface area contributed by atoms with E-state index in [0.29, 0.717) is 0 Å². The summed E-state index contributed by atoms with van der Waals surface area (Å²) in [5.74, 6) is 2.05. The van der Waals surface area contributed by atoms with Crippen LogP contribution in [0.25, 0.3) is 0 Å². The van der Waals surface area contributed by atoms with Crippen molar-refractivity contribution in [1.29, 1.82) is 0 Å². The van der Waals surface area contributed by atoms with Crippen LogP contribution in [-0.2, 0) is 6.54 Å². The average molecular weight is 252 g/mol. The highest BCUT2D eigenvalue weighted by Crippen LogP contribution is 2.08. The van der Waals surface area contributed by atoms with Gasteiger partial charge in [-0.25, -0.2) is 0 Å². The predicted molar refractivity (Wildman–Crippen MR) is 76.8 cm³/mol. The molecule has 18 heavy (non-hydrogen) atoms. The summed E-state index contributed by atoms with van der Waals surface area (Å²) in [6.07, 6.45) is 5.32. The normalized spacial score (nSPS) is 11.3. The second-order valence-electron chi connectivity index (χ2n) is 5.06. The Morgan fingerprint density at radius 2 is 2.00 bits per heavy atom. The first kappa shape index (κ1) is 15.3. The molecule has 3 heteroatoms. The number of nitrogens with one attached hydrogen (secondary N) is 1. The Morgan fingerprint density at radius 3 is 2.67 bits per heavy atom. The van der Waals surface area contributed by atoms with Crippen LogP contribution in [0.4, 0.5) is 0 Å². The molecule has 104 valence electrons. The van der Waals surface area contributed by atoms with E-state index in [0.717, 1.165) is 37.7 Å². The van der Waals surface area contributed by atoms with E-state index in [1.54, 1.807) is 0 Å². The fourth-order valence-corrected chi connectivity index (χ4v) is 1.99. The van der Waals surface area contributed by atoms with Gasteiger partial charge in [-0.3, -0.25) is 4.90 Å². The lowest BCUT2D eigenvalue weighted by atomic mass is 10.2. The molecule has 0 aliphatic carbocycles. The van der Waals surface area contributed by atoms with Crippen molar-refractivity contribution in [2.75, 3.05) is 26.7 Å². The topological polar surface area (TPSA) is 28.4 Å². The van der Waals surface area contributed by atoms with Crippen LogP contribution in [0.2, 0.25) is 0 Å². The average Bonchev–Trinajstić information content (AvgIpc) is 2.73. The maximum Gasteiger partial charge on any atom is 0.118 e. The molecule has 1 heterocycles. The van der Waals surface area contributed by atoms with Crippen molar-refractivity contribution >= 4 is 0 Å². The quantitative estimate of drug-likeness (QED) is 0.648. The maximum atomic E-state index is 5.56. The van der Waals surface area contributed by atoms with Crippen LogP contribution in [0.5, 0.6) is 0 Å². The Balaban J connectivity index is 1.98. The highest BCUT2D eigenvalue weighted by atomic mass is 16.3. The number of furan rings is 1. The van der Waals surface area contributed by atoms with Gasteiger partial charge < -0.3 is 9.73 Å². The number of nitrogens with zero attached hydrogens (tertiary/aromatic N) is 1. The number of rotatable bonds is 10. The van der Waals surface area contributed by atoms with E-state index in [9.17, 15) is 0 Å². The molecule has 1 aromatic rings. The first-order valence-electron chi connectivity index (χ1n) is 7.17. The smallest absolute Gasteiger partial charge is 0.118 e. The molecule has 0 aliphatic heterocycles. The third kappa shape index (κ3) is 6.82. The number of unbranched alkanes of at least 4 members (excludes halogenated alkanes) is 3. The van der Waals surface area contributed by atoms with Crippen LogP contribution in [0, 0.1) is 6.92 Å². The van der Waals surface area contributed by atoms with Crippen LogP contribution < -0.4 is 5.32 Å². The van der Waals surface area contributed by atoms with E-state index < -0.39 is 0 Å². The van der Waals surface area contributed by atoms with E-state index in [1.807, 2.05) is 13.0 Å². The molecule has 0 saturated heterocycles. The van der Waals surface area contributed by atoms with E-state index >= 15 is 0 Å². The lowest BCUT2D eigenvalue weighted by Crippen LogP contribution is -2.29. The zero-order valence-electron chi connectivity index (χ0n) is 12.2. The summed E-state index contributed by atoms with van der Waals surface area (Å²) in [6.45, 7) is 8.40. The molecule has 0 unspecified atom stereocenters. The van der Waals surface area contributed by atoms with Crippen LogP contribution in [0.15, 0.2) is 16.5 Å². The molecule has 0 spiro atoms. The Morgan fingerprint density at radius 1 is 1.17 bits per heavy atom. The fourth-order valence-electron chi connectivity index (χ4n) is 1.99. The summed E-state index contributed by atoms with van der Waals surface area (Å²) in [5, 5.41) is 3.49. The Hall–Kier alpha value is -0.800. The van der Waals surface area contributed by atoms with Gasteiger partial charge in [0.15, 0.2) is 0 Å². The van der Waals surface area contributed by atoms with Gasteiger partial charge in [-0.2, -0.15) is 0 Å². The Kier molecular flexibility index (Phi) is 7.78. The molecular formula is C15H28N2O. The molecular weight excluding hydrogens is 224 g/mol. The Labute approximate surface area is 112 Å². The molecule has 1 aromatic heterocycles. The van der Waals surface area contributed by atoms with Crippen LogP contribution in [0.3, 0.4) is 0 Å². The van der Waals surface area contributed by atoms with E-state index in [2.05, 4.69) is 30.3 Å². The molecule has 0 atom stereocenters. The third-order valence-corrected chi connectivity index (χ3v) is 3.10. The number of hydrogen-bond donors (Lipinski definition) is 1. The Bertz CT molecular complexity index is 309. The standard InChI is InChI=1S/C15H28N2O/c1-4-5-6-7-10-16-11-12-17(3)13-15-9-8-14(2)18-15/h8-9,16H,4-7,10-13H2,1-3H3.